The molecule has 0 bridgehead atoms. The summed E-state index contributed by atoms with van der Waals surface area (Å²) in [7, 11) is 0. The van der Waals surface area contributed by atoms with Crippen LogP contribution in [-0.4, -0.2) is 51.6 Å². The van der Waals surface area contributed by atoms with Crippen molar-refractivity contribution in [2.45, 2.75) is 19.1 Å². The second-order valence-corrected chi connectivity index (χ2v) is 5.25. The number of hydrogen-bond acceptors (Lipinski definition) is 4. The van der Waals surface area contributed by atoms with Crippen molar-refractivity contribution in [2.75, 3.05) is 18.4 Å². The van der Waals surface area contributed by atoms with Crippen molar-refractivity contribution in [3.63, 3.8) is 0 Å². The summed E-state index contributed by atoms with van der Waals surface area (Å²) in [6.07, 6.45) is -0.119. The van der Waals surface area contributed by atoms with E-state index in [9.17, 15) is 15.0 Å². The van der Waals surface area contributed by atoms with Crippen LogP contribution in [0.25, 0.3) is 0 Å². The van der Waals surface area contributed by atoms with Gasteiger partial charge in [0.25, 0.3) is 5.91 Å². The Morgan fingerprint density at radius 2 is 2.21 bits per heavy atom. The van der Waals surface area contributed by atoms with Crippen LogP contribution in [0.5, 0.6) is 11.5 Å². The Morgan fingerprint density at radius 1 is 1.47 bits per heavy atom. The van der Waals surface area contributed by atoms with Crippen LogP contribution in [0.2, 0.25) is 0 Å². The molecule has 2 unspecified atom stereocenters. The van der Waals surface area contributed by atoms with Gasteiger partial charge in [-0.1, -0.05) is 22.0 Å². The van der Waals surface area contributed by atoms with Gasteiger partial charge >= 0.3 is 0 Å². The summed E-state index contributed by atoms with van der Waals surface area (Å²) in [6.45, 7) is 2.83. The van der Waals surface area contributed by atoms with E-state index in [-0.39, 0.29) is 35.2 Å². The van der Waals surface area contributed by atoms with Gasteiger partial charge in [-0.2, -0.15) is 0 Å². The summed E-state index contributed by atoms with van der Waals surface area (Å²) in [5.74, 6) is -0.958. The topological polar surface area (TPSA) is 70.0 Å². The Balaban J connectivity index is 2.21. The Bertz CT molecular complexity index is 480. The Kier molecular flexibility index (Phi) is 4.31. The standard InChI is InChI=1S/C13H16BrNO4/c1-8-6-15(7-9(5-14)19-8)13(18)10-3-2-4-11(16)12(10)17/h2-4,8-9,16-17H,5-7H2,1H3. The van der Waals surface area contributed by atoms with E-state index in [4.69, 9.17) is 4.74 Å². The first kappa shape index (κ1) is 14.1. The SMILES string of the molecule is CC1CN(C(=O)c2cccc(O)c2O)CC(CBr)O1. The van der Waals surface area contributed by atoms with Gasteiger partial charge in [0.2, 0.25) is 0 Å². The van der Waals surface area contributed by atoms with Crippen LogP contribution < -0.4 is 0 Å². The summed E-state index contributed by atoms with van der Waals surface area (Å²) < 4.78 is 5.65. The fourth-order valence-corrected chi connectivity index (χ4v) is 2.53. The number of amides is 1. The van der Waals surface area contributed by atoms with Crippen molar-refractivity contribution >= 4 is 21.8 Å². The van der Waals surface area contributed by atoms with Gasteiger partial charge in [-0.05, 0) is 19.1 Å². The van der Waals surface area contributed by atoms with E-state index in [0.29, 0.717) is 18.4 Å². The highest BCUT2D eigenvalue weighted by molar-refractivity contribution is 9.09. The number of carbonyl (C=O) groups is 1. The first-order valence-electron chi connectivity index (χ1n) is 6.04. The van der Waals surface area contributed by atoms with Crippen molar-refractivity contribution in [2.24, 2.45) is 0 Å². The molecule has 1 fully saturated rings. The van der Waals surface area contributed by atoms with Crippen LogP contribution >= 0.6 is 15.9 Å². The number of aromatic hydroxyl groups is 2. The lowest BCUT2D eigenvalue weighted by Gasteiger charge is -2.36. The molecular formula is C13H16BrNO4. The highest BCUT2D eigenvalue weighted by Crippen LogP contribution is 2.29. The predicted octanol–water partition coefficient (Wildman–Crippen LogP) is 1.72. The van der Waals surface area contributed by atoms with E-state index in [1.807, 2.05) is 6.92 Å². The molecule has 19 heavy (non-hydrogen) atoms. The van der Waals surface area contributed by atoms with Crippen molar-refractivity contribution in [1.29, 1.82) is 0 Å². The number of rotatable bonds is 2. The molecule has 1 aliphatic heterocycles. The number of carbonyl (C=O) groups excluding carboxylic acids is 1. The molecule has 2 atom stereocenters. The van der Waals surface area contributed by atoms with E-state index in [1.165, 1.54) is 18.2 Å². The van der Waals surface area contributed by atoms with Crippen molar-refractivity contribution in [3.05, 3.63) is 23.8 Å². The number of halogens is 1. The number of phenolic OH excluding ortho intramolecular Hbond substituents is 2. The molecule has 0 spiro atoms. The van der Waals surface area contributed by atoms with Gasteiger partial charge in [-0.15, -0.1) is 0 Å². The Morgan fingerprint density at radius 3 is 2.89 bits per heavy atom. The molecule has 104 valence electrons. The lowest BCUT2D eigenvalue weighted by atomic mass is 10.1. The molecule has 2 rings (SSSR count). The van der Waals surface area contributed by atoms with Crippen LogP contribution in [0.3, 0.4) is 0 Å². The van der Waals surface area contributed by atoms with Crippen molar-refractivity contribution in [3.8, 4) is 11.5 Å². The minimum Gasteiger partial charge on any atom is -0.504 e. The maximum Gasteiger partial charge on any atom is 0.257 e. The predicted molar refractivity (Wildman–Crippen MR) is 73.8 cm³/mol. The van der Waals surface area contributed by atoms with Gasteiger partial charge in [0.15, 0.2) is 11.5 Å². The molecule has 6 heteroatoms. The normalized spacial score (nSPS) is 23.4. The summed E-state index contributed by atoms with van der Waals surface area (Å²) in [6, 6.07) is 4.38. The molecule has 1 amide bonds. The van der Waals surface area contributed by atoms with Gasteiger partial charge in [0.1, 0.15) is 0 Å². The highest BCUT2D eigenvalue weighted by Gasteiger charge is 2.29. The summed E-state index contributed by atoms with van der Waals surface area (Å²) in [5, 5.41) is 19.8. The number of benzene rings is 1. The molecule has 0 saturated carbocycles. The zero-order chi connectivity index (χ0) is 14.0. The third-order valence-electron chi connectivity index (χ3n) is 3.03. The highest BCUT2D eigenvalue weighted by atomic mass is 79.9. The number of ether oxygens (including phenoxy) is 1. The minimum atomic E-state index is -0.373. The largest absolute Gasteiger partial charge is 0.504 e. The van der Waals surface area contributed by atoms with Crippen LogP contribution in [0, 0.1) is 0 Å². The molecule has 1 heterocycles. The number of para-hydroxylation sites is 1. The lowest BCUT2D eigenvalue weighted by molar-refractivity contribution is -0.0560. The van der Waals surface area contributed by atoms with Gasteiger partial charge in [-0.3, -0.25) is 4.79 Å². The monoisotopic (exact) mass is 329 g/mol. The van der Waals surface area contributed by atoms with E-state index >= 15 is 0 Å². The molecule has 5 nitrogen and oxygen atoms in total. The summed E-state index contributed by atoms with van der Waals surface area (Å²) in [4.78, 5) is 14.0. The molecule has 1 aliphatic rings. The summed E-state index contributed by atoms with van der Waals surface area (Å²) in [5.41, 5.74) is 0.113. The van der Waals surface area contributed by atoms with E-state index in [2.05, 4.69) is 15.9 Å². The van der Waals surface area contributed by atoms with Crippen molar-refractivity contribution in [1.82, 2.24) is 4.90 Å². The van der Waals surface area contributed by atoms with Gasteiger partial charge < -0.3 is 19.8 Å². The number of phenols is 2. The molecule has 0 radical (unpaired) electrons. The average molecular weight is 330 g/mol. The third-order valence-corrected chi connectivity index (χ3v) is 3.75. The second-order valence-electron chi connectivity index (χ2n) is 4.61. The lowest BCUT2D eigenvalue weighted by Crippen LogP contribution is -2.49. The number of morpholine rings is 1. The molecular weight excluding hydrogens is 314 g/mol. The van der Waals surface area contributed by atoms with E-state index in [1.54, 1.807) is 4.90 Å². The fraction of sp³-hybridized carbons (Fsp3) is 0.462. The minimum absolute atomic E-state index is 0.0558. The molecule has 0 aliphatic carbocycles. The van der Waals surface area contributed by atoms with Gasteiger partial charge in [0.05, 0.1) is 17.8 Å². The maximum absolute atomic E-state index is 12.4. The molecule has 1 saturated heterocycles. The second kappa shape index (κ2) is 5.79. The zero-order valence-electron chi connectivity index (χ0n) is 10.5. The smallest absolute Gasteiger partial charge is 0.257 e. The quantitative estimate of drug-likeness (QED) is 0.640. The molecule has 1 aromatic rings. The zero-order valence-corrected chi connectivity index (χ0v) is 12.1. The van der Waals surface area contributed by atoms with Crippen LogP contribution in [0.15, 0.2) is 18.2 Å². The molecule has 2 N–H and O–H groups in total. The number of alkyl halides is 1. The van der Waals surface area contributed by atoms with Crippen LogP contribution in [0.1, 0.15) is 17.3 Å². The van der Waals surface area contributed by atoms with E-state index in [0.717, 1.165) is 0 Å². The first-order valence-corrected chi connectivity index (χ1v) is 7.16. The Labute approximate surface area is 119 Å². The van der Waals surface area contributed by atoms with Gasteiger partial charge in [0, 0.05) is 18.4 Å². The Hall–Kier alpha value is -1.27. The van der Waals surface area contributed by atoms with Crippen LogP contribution in [-0.2, 0) is 4.74 Å². The summed E-state index contributed by atoms with van der Waals surface area (Å²) >= 11 is 3.35. The molecule has 0 aromatic heterocycles. The van der Waals surface area contributed by atoms with Crippen molar-refractivity contribution < 1.29 is 19.7 Å². The van der Waals surface area contributed by atoms with Crippen LogP contribution in [0.4, 0.5) is 0 Å². The van der Waals surface area contributed by atoms with E-state index < -0.39 is 0 Å². The fourth-order valence-electron chi connectivity index (χ4n) is 2.17. The van der Waals surface area contributed by atoms with Gasteiger partial charge in [-0.25, -0.2) is 0 Å². The average Bonchev–Trinajstić information content (AvgIpc) is 2.40. The molecule has 1 aromatic carbocycles. The maximum atomic E-state index is 12.4. The number of hydrogen-bond donors (Lipinski definition) is 2. The third kappa shape index (κ3) is 3.01. The first-order chi connectivity index (χ1) is 9.02. The number of nitrogens with zero attached hydrogens (tertiary/aromatic N) is 1.